The number of nitrogens with one attached hydrogen (secondary N) is 1. The molecule has 1 fully saturated rings. The number of benzene rings is 2. The van der Waals surface area contributed by atoms with Gasteiger partial charge in [-0.05, 0) is 49.1 Å². The Morgan fingerprint density at radius 3 is 2.48 bits per heavy atom. The Kier molecular flexibility index (Phi) is 5.12. The largest absolute Gasteiger partial charge is 0.350 e. The van der Waals surface area contributed by atoms with Gasteiger partial charge in [-0.25, -0.2) is 8.42 Å². The highest BCUT2D eigenvalue weighted by Gasteiger charge is 2.35. The standard InChI is InChI=1S/C19H18N2O4S.ClH/c20-15(11-5-6-11)10-21-19(23)12-7-8-14-17(9-12)26(24,25)16-4-2-1-3-13(16)18(14)22;/h1-4,7-9,11,15H,5-6,10,20H2,(H,21,23);1H. The van der Waals surface area contributed by atoms with Gasteiger partial charge in [0.15, 0.2) is 5.78 Å². The van der Waals surface area contributed by atoms with Crippen molar-refractivity contribution in [3.8, 4) is 0 Å². The third-order valence-electron chi connectivity index (χ3n) is 4.92. The van der Waals surface area contributed by atoms with Crippen LogP contribution in [0.25, 0.3) is 0 Å². The summed E-state index contributed by atoms with van der Waals surface area (Å²) in [7, 11) is -3.85. The fourth-order valence-corrected chi connectivity index (χ4v) is 4.91. The Morgan fingerprint density at radius 2 is 1.78 bits per heavy atom. The summed E-state index contributed by atoms with van der Waals surface area (Å²) in [6.07, 6.45) is 2.16. The second kappa shape index (κ2) is 7.07. The highest BCUT2D eigenvalue weighted by Crippen LogP contribution is 2.35. The molecule has 6 nitrogen and oxygen atoms in total. The highest BCUT2D eigenvalue weighted by molar-refractivity contribution is 7.91. The van der Waals surface area contributed by atoms with E-state index in [1.54, 1.807) is 12.1 Å². The van der Waals surface area contributed by atoms with Crippen molar-refractivity contribution in [1.29, 1.82) is 0 Å². The summed E-state index contributed by atoms with van der Waals surface area (Å²) < 4.78 is 25.8. The number of rotatable bonds is 4. The van der Waals surface area contributed by atoms with Gasteiger partial charge in [0.05, 0.1) is 9.79 Å². The molecule has 0 saturated heterocycles. The average molecular weight is 407 g/mol. The minimum absolute atomic E-state index is 0. The molecule has 0 radical (unpaired) electrons. The molecule has 1 atom stereocenters. The highest BCUT2D eigenvalue weighted by atomic mass is 35.5. The van der Waals surface area contributed by atoms with E-state index in [1.807, 2.05) is 0 Å². The molecule has 1 saturated carbocycles. The molecule has 3 N–H and O–H groups in total. The molecule has 1 aliphatic heterocycles. The average Bonchev–Trinajstić information content (AvgIpc) is 3.49. The number of carbonyl (C=O) groups excluding carboxylic acids is 2. The number of amides is 1. The zero-order valence-corrected chi connectivity index (χ0v) is 16.0. The van der Waals surface area contributed by atoms with Crippen molar-refractivity contribution in [3.05, 3.63) is 59.2 Å². The van der Waals surface area contributed by atoms with Gasteiger partial charge < -0.3 is 11.1 Å². The number of nitrogens with two attached hydrogens (primary N) is 1. The molecule has 4 rings (SSSR count). The molecule has 142 valence electrons. The summed E-state index contributed by atoms with van der Waals surface area (Å²) in [5.41, 5.74) is 6.42. The van der Waals surface area contributed by atoms with Gasteiger partial charge in [-0.15, -0.1) is 12.4 Å². The molecule has 1 unspecified atom stereocenters. The van der Waals surface area contributed by atoms with Crippen molar-refractivity contribution in [2.45, 2.75) is 28.7 Å². The lowest BCUT2D eigenvalue weighted by Crippen LogP contribution is -2.38. The molecule has 8 heteroatoms. The second-order valence-electron chi connectivity index (χ2n) is 6.75. The lowest BCUT2D eigenvalue weighted by molar-refractivity contribution is 0.0948. The molecule has 1 amide bonds. The molecule has 2 aliphatic rings. The normalized spacial score (nSPS) is 17.9. The van der Waals surface area contributed by atoms with E-state index in [1.165, 1.54) is 30.3 Å². The van der Waals surface area contributed by atoms with E-state index >= 15 is 0 Å². The predicted octanol–water partition coefficient (Wildman–Crippen LogP) is 1.95. The fraction of sp³-hybridized carbons (Fsp3) is 0.263. The van der Waals surface area contributed by atoms with E-state index in [9.17, 15) is 18.0 Å². The van der Waals surface area contributed by atoms with Crippen LogP contribution in [0.1, 0.15) is 39.1 Å². The minimum Gasteiger partial charge on any atom is -0.350 e. The van der Waals surface area contributed by atoms with Crippen LogP contribution < -0.4 is 11.1 Å². The summed E-state index contributed by atoms with van der Waals surface area (Å²) in [6.45, 7) is 0.342. The molecule has 1 heterocycles. The summed E-state index contributed by atoms with van der Waals surface area (Å²) in [5, 5.41) is 2.74. The molecule has 0 spiro atoms. The van der Waals surface area contributed by atoms with E-state index in [4.69, 9.17) is 5.73 Å². The first-order chi connectivity index (χ1) is 12.4. The zero-order valence-electron chi connectivity index (χ0n) is 14.3. The molecular weight excluding hydrogens is 388 g/mol. The molecule has 0 aromatic heterocycles. The summed E-state index contributed by atoms with van der Waals surface area (Å²) in [4.78, 5) is 24.8. The van der Waals surface area contributed by atoms with Crippen molar-refractivity contribution in [1.82, 2.24) is 5.32 Å². The van der Waals surface area contributed by atoms with E-state index in [-0.39, 0.29) is 50.7 Å². The maximum absolute atomic E-state index is 12.9. The Labute approximate surface area is 163 Å². The van der Waals surface area contributed by atoms with Gasteiger partial charge >= 0.3 is 0 Å². The van der Waals surface area contributed by atoms with Gasteiger partial charge in [-0.1, -0.05) is 12.1 Å². The van der Waals surface area contributed by atoms with E-state index < -0.39 is 15.7 Å². The number of carbonyl (C=O) groups is 2. The van der Waals surface area contributed by atoms with Gasteiger partial charge in [0.1, 0.15) is 0 Å². The Morgan fingerprint density at radius 1 is 1.11 bits per heavy atom. The van der Waals surface area contributed by atoms with Gasteiger partial charge in [0.2, 0.25) is 9.84 Å². The van der Waals surface area contributed by atoms with Gasteiger partial charge in [0, 0.05) is 29.3 Å². The van der Waals surface area contributed by atoms with Crippen molar-refractivity contribution >= 4 is 33.9 Å². The van der Waals surface area contributed by atoms with Crippen LogP contribution in [0.5, 0.6) is 0 Å². The van der Waals surface area contributed by atoms with Crippen LogP contribution in [-0.4, -0.2) is 32.7 Å². The first-order valence-corrected chi connectivity index (χ1v) is 9.94. The van der Waals surface area contributed by atoms with Gasteiger partial charge in [0.25, 0.3) is 5.91 Å². The van der Waals surface area contributed by atoms with Crippen LogP contribution in [0.2, 0.25) is 0 Å². The lowest BCUT2D eigenvalue weighted by atomic mass is 10.0. The molecule has 2 aromatic rings. The van der Waals surface area contributed by atoms with Gasteiger partial charge in [-0.2, -0.15) is 0 Å². The first-order valence-electron chi connectivity index (χ1n) is 8.46. The lowest BCUT2D eigenvalue weighted by Gasteiger charge is -2.19. The first kappa shape index (κ1) is 19.5. The quantitative estimate of drug-likeness (QED) is 0.688. The Balaban J connectivity index is 0.00000210. The molecule has 0 bridgehead atoms. The van der Waals surface area contributed by atoms with E-state index in [2.05, 4.69) is 5.32 Å². The van der Waals surface area contributed by atoms with Crippen molar-refractivity contribution in [2.24, 2.45) is 11.7 Å². The number of ketones is 1. The fourth-order valence-electron chi connectivity index (χ4n) is 3.23. The smallest absolute Gasteiger partial charge is 0.251 e. The number of fused-ring (bicyclic) bond motifs is 2. The van der Waals surface area contributed by atoms with Crippen molar-refractivity contribution in [2.75, 3.05) is 6.54 Å². The van der Waals surface area contributed by atoms with Crippen LogP contribution in [0, 0.1) is 5.92 Å². The molecule has 1 aliphatic carbocycles. The SMILES string of the molecule is Cl.NC(CNC(=O)c1ccc2c(c1)S(=O)(=O)c1ccccc1C2=O)C1CC1. The van der Waals surface area contributed by atoms with Crippen LogP contribution in [0.4, 0.5) is 0 Å². The summed E-state index contributed by atoms with van der Waals surface area (Å²) in [5.74, 6) is -0.299. The van der Waals surface area contributed by atoms with Crippen LogP contribution in [-0.2, 0) is 9.84 Å². The third kappa shape index (κ3) is 3.38. The monoisotopic (exact) mass is 406 g/mol. The van der Waals surface area contributed by atoms with Gasteiger partial charge in [-0.3, -0.25) is 9.59 Å². The topological polar surface area (TPSA) is 106 Å². The van der Waals surface area contributed by atoms with E-state index in [0.29, 0.717) is 12.5 Å². The number of hydrogen-bond donors (Lipinski definition) is 2. The molecule has 27 heavy (non-hydrogen) atoms. The second-order valence-corrected chi connectivity index (χ2v) is 8.64. The third-order valence-corrected chi connectivity index (χ3v) is 6.78. The maximum Gasteiger partial charge on any atom is 0.251 e. The molecular formula is C19H19ClN2O4S. The van der Waals surface area contributed by atoms with Crippen LogP contribution in [0.3, 0.4) is 0 Å². The molecule has 2 aromatic carbocycles. The summed E-state index contributed by atoms with van der Waals surface area (Å²) in [6, 6.07) is 10.2. The maximum atomic E-state index is 12.9. The number of halogens is 1. The predicted molar refractivity (Wildman–Crippen MR) is 102 cm³/mol. The Bertz CT molecular complexity index is 1030. The van der Waals surface area contributed by atoms with Crippen molar-refractivity contribution < 1.29 is 18.0 Å². The van der Waals surface area contributed by atoms with E-state index in [0.717, 1.165) is 12.8 Å². The zero-order chi connectivity index (χ0) is 18.5. The number of hydrogen-bond acceptors (Lipinski definition) is 5. The summed E-state index contributed by atoms with van der Waals surface area (Å²) >= 11 is 0. The van der Waals surface area contributed by atoms with Crippen LogP contribution in [0.15, 0.2) is 52.3 Å². The van der Waals surface area contributed by atoms with Crippen LogP contribution >= 0.6 is 12.4 Å². The minimum atomic E-state index is -3.85. The van der Waals surface area contributed by atoms with Crippen molar-refractivity contribution in [3.63, 3.8) is 0 Å². The number of sulfone groups is 1. The Hall–Kier alpha value is -2.22.